The second-order valence-corrected chi connectivity index (χ2v) is 4.51. The van der Waals surface area contributed by atoms with Gasteiger partial charge in [0.05, 0.1) is 10.7 Å². The Morgan fingerprint density at radius 3 is 2.82 bits per heavy atom. The molecule has 0 unspecified atom stereocenters. The summed E-state index contributed by atoms with van der Waals surface area (Å²) in [6.07, 6.45) is 2.74. The normalized spacial score (nSPS) is 10.5. The molecule has 0 atom stereocenters. The van der Waals surface area contributed by atoms with Crippen molar-refractivity contribution in [3.63, 3.8) is 0 Å². The molecule has 0 amide bonds. The Bertz CT molecular complexity index is 505. The number of benzene rings is 1. The molecule has 2 aromatic rings. The largest absolute Gasteiger partial charge is 0.383 e. The van der Waals surface area contributed by atoms with Crippen LogP contribution in [-0.2, 0) is 13.5 Å². The molecule has 0 aliphatic heterocycles. The van der Waals surface area contributed by atoms with Crippen molar-refractivity contribution in [2.45, 2.75) is 13.3 Å². The third-order valence-corrected chi connectivity index (χ3v) is 3.06. The molecule has 0 saturated heterocycles. The molecule has 1 heterocycles. The van der Waals surface area contributed by atoms with E-state index < -0.39 is 0 Å². The molecule has 0 saturated carbocycles. The average Bonchev–Trinajstić information content (AvgIpc) is 2.68. The Kier molecular flexibility index (Phi) is 3.69. The van der Waals surface area contributed by atoms with Gasteiger partial charge in [-0.05, 0) is 30.7 Å². The van der Waals surface area contributed by atoms with Crippen molar-refractivity contribution in [2.75, 3.05) is 11.9 Å². The summed E-state index contributed by atoms with van der Waals surface area (Å²) in [4.78, 5) is 0. The second kappa shape index (κ2) is 5.23. The molecule has 0 radical (unpaired) electrons. The van der Waals surface area contributed by atoms with Crippen LogP contribution < -0.4 is 5.32 Å². The molecule has 4 heteroatoms. The molecule has 0 spiro atoms. The zero-order valence-corrected chi connectivity index (χ0v) is 10.8. The van der Waals surface area contributed by atoms with Gasteiger partial charge in [0, 0.05) is 31.9 Å². The summed E-state index contributed by atoms with van der Waals surface area (Å²) in [5.74, 6) is 0. The summed E-state index contributed by atoms with van der Waals surface area (Å²) in [5.41, 5.74) is 3.37. The maximum atomic E-state index is 6.14. The van der Waals surface area contributed by atoms with Crippen molar-refractivity contribution in [2.24, 2.45) is 7.05 Å². The predicted octanol–water partition coefficient (Wildman–Crippen LogP) is 3.04. The van der Waals surface area contributed by atoms with Crippen LogP contribution in [0.1, 0.15) is 11.3 Å². The molecule has 1 aromatic heterocycles. The molecule has 0 aliphatic rings. The van der Waals surface area contributed by atoms with Gasteiger partial charge in [-0.15, -0.1) is 0 Å². The number of hydrogen-bond acceptors (Lipinski definition) is 2. The number of aryl methyl sites for hydroxylation is 2. The molecular formula is C13H16ClN3. The summed E-state index contributed by atoms with van der Waals surface area (Å²) in [5, 5.41) is 8.24. The van der Waals surface area contributed by atoms with Crippen LogP contribution >= 0.6 is 11.6 Å². The van der Waals surface area contributed by atoms with Crippen LogP contribution in [0.5, 0.6) is 0 Å². The van der Waals surface area contributed by atoms with Crippen molar-refractivity contribution in [3.8, 4) is 0 Å². The summed E-state index contributed by atoms with van der Waals surface area (Å²) in [7, 11) is 1.95. The standard InChI is InChI=1S/C13H16ClN3/c1-10-3-4-13(12(14)9-10)15-7-5-11-6-8-16-17(11)2/h3-4,6,8-9,15H,5,7H2,1-2H3. The van der Waals surface area contributed by atoms with Crippen LogP contribution in [0.2, 0.25) is 5.02 Å². The van der Waals surface area contributed by atoms with Gasteiger partial charge in [-0.1, -0.05) is 17.7 Å². The lowest BCUT2D eigenvalue weighted by molar-refractivity contribution is 0.711. The van der Waals surface area contributed by atoms with E-state index in [1.807, 2.05) is 43.0 Å². The Hall–Kier alpha value is -1.48. The number of nitrogens with one attached hydrogen (secondary N) is 1. The molecule has 3 nitrogen and oxygen atoms in total. The molecule has 17 heavy (non-hydrogen) atoms. The summed E-state index contributed by atoms with van der Waals surface area (Å²) in [6, 6.07) is 8.06. The first-order valence-electron chi connectivity index (χ1n) is 5.64. The van der Waals surface area contributed by atoms with Gasteiger partial charge < -0.3 is 5.32 Å². The highest BCUT2D eigenvalue weighted by Crippen LogP contribution is 2.22. The molecular weight excluding hydrogens is 234 g/mol. The van der Waals surface area contributed by atoms with Crippen molar-refractivity contribution in [1.82, 2.24) is 9.78 Å². The Balaban J connectivity index is 1.92. The molecule has 90 valence electrons. The van der Waals surface area contributed by atoms with Crippen LogP contribution in [0, 0.1) is 6.92 Å². The highest BCUT2D eigenvalue weighted by Gasteiger charge is 2.01. The first-order valence-corrected chi connectivity index (χ1v) is 6.01. The lowest BCUT2D eigenvalue weighted by Gasteiger charge is -2.09. The second-order valence-electron chi connectivity index (χ2n) is 4.11. The van der Waals surface area contributed by atoms with E-state index in [1.165, 1.54) is 11.3 Å². The van der Waals surface area contributed by atoms with E-state index in [-0.39, 0.29) is 0 Å². The van der Waals surface area contributed by atoms with Crippen LogP contribution in [-0.4, -0.2) is 16.3 Å². The highest BCUT2D eigenvalue weighted by molar-refractivity contribution is 6.33. The maximum absolute atomic E-state index is 6.14. The molecule has 1 aromatic carbocycles. The topological polar surface area (TPSA) is 29.9 Å². The number of anilines is 1. The van der Waals surface area contributed by atoms with Crippen molar-refractivity contribution in [1.29, 1.82) is 0 Å². The molecule has 0 bridgehead atoms. The minimum atomic E-state index is 0.773. The quantitative estimate of drug-likeness (QED) is 0.903. The van der Waals surface area contributed by atoms with Gasteiger partial charge in [0.15, 0.2) is 0 Å². The Morgan fingerprint density at radius 1 is 1.35 bits per heavy atom. The maximum Gasteiger partial charge on any atom is 0.0640 e. The van der Waals surface area contributed by atoms with Crippen LogP contribution in [0.4, 0.5) is 5.69 Å². The van der Waals surface area contributed by atoms with E-state index in [1.54, 1.807) is 0 Å². The molecule has 1 N–H and O–H groups in total. The van der Waals surface area contributed by atoms with Crippen LogP contribution in [0.15, 0.2) is 30.5 Å². The SMILES string of the molecule is Cc1ccc(NCCc2ccnn2C)c(Cl)c1. The lowest BCUT2D eigenvalue weighted by atomic mass is 10.2. The van der Waals surface area contributed by atoms with Crippen molar-refractivity contribution < 1.29 is 0 Å². The average molecular weight is 250 g/mol. The van der Waals surface area contributed by atoms with E-state index in [0.29, 0.717) is 0 Å². The minimum absolute atomic E-state index is 0.773. The van der Waals surface area contributed by atoms with Crippen molar-refractivity contribution in [3.05, 3.63) is 46.7 Å². The number of nitrogens with zero attached hydrogens (tertiary/aromatic N) is 2. The van der Waals surface area contributed by atoms with Gasteiger partial charge in [-0.2, -0.15) is 5.10 Å². The number of rotatable bonds is 4. The third-order valence-electron chi connectivity index (χ3n) is 2.74. The zero-order valence-electron chi connectivity index (χ0n) is 10.1. The Labute approximate surface area is 106 Å². The van der Waals surface area contributed by atoms with Crippen LogP contribution in [0.25, 0.3) is 0 Å². The first kappa shape index (κ1) is 12.0. The van der Waals surface area contributed by atoms with Gasteiger partial charge in [0.2, 0.25) is 0 Å². The smallest absolute Gasteiger partial charge is 0.0640 e. The minimum Gasteiger partial charge on any atom is -0.383 e. The number of hydrogen-bond donors (Lipinski definition) is 1. The van der Waals surface area contributed by atoms with Gasteiger partial charge in [-0.25, -0.2) is 0 Å². The fourth-order valence-corrected chi connectivity index (χ4v) is 2.04. The van der Waals surface area contributed by atoms with E-state index in [2.05, 4.69) is 16.5 Å². The number of aromatic nitrogens is 2. The Morgan fingerprint density at radius 2 is 2.18 bits per heavy atom. The summed E-state index contributed by atoms with van der Waals surface area (Å²) >= 11 is 6.14. The van der Waals surface area contributed by atoms with Gasteiger partial charge in [-0.3, -0.25) is 4.68 Å². The highest BCUT2D eigenvalue weighted by atomic mass is 35.5. The summed E-state index contributed by atoms with van der Waals surface area (Å²) in [6.45, 7) is 2.88. The zero-order chi connectivity index (χ0) is 12.3. The lowest BCUT2D eigenvalue weighted by Crippen LogP contribution is -2.08. The van der Waals surface area contributed by atoms with Crippen molar-refractivity contribution >= 4 is 17.3 Å². The molecule has 2 rings (SSSR count). The predicted molar refractivity (Wildman–Crippen MR) is 71.6 cm³/mol. The molecule has 0 fully saturated rings. The first-order chi connectivity index (χ1) is 8.16. The fraction of sp³-hybridized carbons (Fsp3) is 0.308. The monoisotopic (exact) mass is 249 g/mol. The number of halogens is 1. The fourth-order valence-electron chi connectivity index (χ4n) is 1.74. The van der Waals surface area contributed by atoms with Crippen LogP contribution in [0.3, 0.4) is 0 Å². The van der Waals surface area contributed by atoms with Gasteiger partial charge >= 0.3 is 0 Å². The summed E-state index contributed by atoms with van der Waals surface area (Å²) < 4.78 is 1.89. The van der Waals surface area contributed by atoms with Gasteiger partial charge in [0.1, 0.15) is 0 Å². The third kappa shape index (κ3) is 3.01. The van der Waals surface area contributed by atoms with E-state index in [9.17, 15) is 0 Å². The van der Waals surface area contributed by atoms with E-state index in [4.69, 9.17) is 11.6 Å². The van der Waals surface area contributed by atoms with E-state index in [0.717, 1.165) is 23.7 Å². The van der Waals surface area contributed by atoms with E-state index >= 15 is 0 Å². The molecule has 0 aliphatic carbocycles. The van der Waals surface area contributed by atoms with Gasteiger partial charge in [0.25, 0.3) is 0 Å².